The van der Waals surface area contributed by atoms with Crippen LogP contribution in [0.5, 0.6) is 0 Å². The molecule has 2 heterocycles. The highest BCUT2D eigenvalue weighted by molar-refractivity contribution is 7.70. The lowest BCUT2D eigenvalue weighted by molar-refractivity contribution is 0.588. The molecular weight excluding hydrogens is 495 g/mol. The zero-order valence-electron chi connectivity index (χ0n) is 21.9. The summed E-state index contributed by atoms with van der Waals surface area (Å²) in [7, 11) is -2.27. The summed E-state index contributed by atoms with van der Waals surface area (Å²) >= 11 is 0. The Hall–Kier alpha value is -4.46. The molecule has 0 atom stereocenters. The third-order valence-corrected chi connectivity index (χ3v) is 9.06. The van der Waals surface area contributed by atoms with E-state index in [-0.39, 0.29) is 0 Å². The van der Waals surface area contributed by atoms with Crippen LogP contribution >= 0.6 is 7.14 Å². The highest BCUT2D eigenvalue weighted by atomic mass is 31.2. The molecule has 0 bridgehead atoms. The van der Waals surface area contributed by atoms with E-state index in [4.69, 9.17) is 4.98 Å². The first-order valence-corrected chi connectivity index (χ1v) is 15.7. The van der Waals surface area contributed by atoms with Crippen LogP contribution in [0.4, 0.5) is 0 Å². The molecule has 7 rings (SSSR count). The van der Waals surface area contributed by atoms with Crippen LogP contribution in [0.2, 0.25) is 0 Å². The van der Waals surface area contributed by atoms with Crippen LogP contribution in [0.1, 0.15) is 0 Å². The van der Waals surface area contributed by atoms with Gasteiger partial charge in [-0.3, -0.25) is 4.40 Å². The van der Waals surface area contributed by atoms with E-state index in [9.17, 15) is 4.57 Å². The summed E-state index contributed by atoms with van der Waals surface area (Å²) < 4.78 is 14.7. The quantitative estimate of drug-likeness (QED) is 0.216. The molecule has 39 heavy (non-hydrogen) atoms. The number of aromatic nitrogens is 2. The number of hydrogen-bond acceptors (Lipinski definition) is 2. The van der Waals surface area contributed by atoms with Crippen molar-refractivity contribution in [2.24, 2.45) is 0 Å². The third-order valence-electron chi connectivity index (χ3n) is 7.52. The van der Waals surface area contributed by atoms with Gasteiger partial charge in [-0.2, -0.15) is 0 Å². The maximum absolute atomic E-state index is 12.4. The molecule has 4 heteroatoms. The largest absolute Gasteiger partial charge is 0.319 e. The predicted octanol–water partition coefficient (Wildman–Crippen LogP) is 8.89. The van der Waals surface area contributed by atoms with E-state index in [2.05, 4.69) is 114 Å². The van der Waals surface area contributed by atoms with Crippen molar-refractivity contribution in [2.45, 2.75) is 0 Å². The van der Waals surface area contributed by atoms with Gasteiger partial charge in [0.25, 0.3) is 0 Å². The summed E-state index contributed by atoms with van der Waals surface area (Å²) in [5.41, 5.74) is 11.0. The SMILES string of the molecule is CP(C)(=O)c1ccc(-c2ccc(-c3cc4c(-c5ccccc5)cccc4n4c3nc3ccccc34)cc2)cc1. The van der Waals surface area contributed by atoms with Crippen molar-refractivity contribution < 1.29 is 4.57 Å². The van der Waals surface area contributed by atoms with Gasteiger partial charge in [-0.25, -0.2) is 4.98 Å². The molecule has 0 spiro atoms. The Morgan fingerprint density at radius 1 is 0.564 bits per heavy atom. The minimum atomic E-state index is -2.27. The summed E-state index contributed by atoms with van der Waals surface area (Å²) in [6, 6.07) is 44.5. The van der Waals surface area contributed by atoms with Crippen LogP contribution < -0.4 is 5.30 Å². The Morgan fingerprint density at radius 3 is 1.87 bits per heavy atom. The second-order valence-electron chi connectivity index (χ2n) is 10.4. The van der Waals surface area contributed by atoms with Crippen molar-refractivity contribution in [1.29, 1.82) is 0 Å². The van der Waals surface area contributed by atoms with Gasteiger partial charge in [0.2, 0.25) is 0 Å². The van der Waals surface area contributed by atoms with Gasteiger partial charge < -0.3 is 4.57 Å². The highest BCUT2D eigenvalue weighted by Crippen LogP contribution is 2.38. The summed E-state index contributed by atoms with van der Waals surface area (Å²) in [6.07, 6.45) is 0. The van der Waals surface area contributed by atoms with E-state index in [1.165, 1.54) is 16.5 Å². The normalized spacial score (nSPS) is 11.9. The maximum Gasteiger partial charge on any atom is 0.146 e. The van der Waals surface area contributed by atoms with E-state index in [1.807, 2.05) is 31.5 Å². The molecule has 0 aliphatic rings. The van der Waals surface area contributed by atoms with Crippen LogP contribution in [0.25, 0.3) is 61.0 Å². The molecule has 0 aliphatic heterocycles. The number of pyridine rings is 1. The standard InChI is InChI=1S/C35H27N2OP/c1-39(2,38)28-21-19-25(20-22-28)24-15-17-27(18-16-24)30-23-31-29(26-9-4-3-5-10-26)11-8-14-33(31)37-34-13-7-6-12-32(34)36-35(30)37/h3-23H,1-2H3. The first kappa shape index (κ1) is 23.6. The summed E-state index contributed by atoms with van der Waals surface area (Å²) in [5, 5.41) is 2.10. The molecule has 0 amide bonds. The number of imidazole rings is 1. The van der Waals surface area contributed by atoms with Crippen LogP contribution in [0.3, 0.4) is 0 Å². The lowest BCUT2D eigenvalue weighted by Gasteiger charge is -2.14. The van der Waals surface area contributed by atoms with E-state index in [0.29, 0.717) is 0 Å². The molecule has 0 unspecified atom stereocenters. The molecule has 7 aromatic rings. The number of nitrogens with zero attached hydrogens (tertiary/aromatic N) is 2. The Kier molecular flexibility index (Phi) is 5.50. The highest BCUT2D eigenvalue weighted by Gasteiger charge is 2.16. The molecule has 2 aromatic heterocycles. The van der Waals surface area contributed by atoms with Crippen LogP contribution in [-0.2, 0) is 4.57 Å². The fourth-order valence-corrected chi connectivity index (χ4v) is 6.36. The number of fused-ring (bicyclic) bond motifs is 5. The topological polar surface area (TPSA) is 34.4 Å². The van der Waals surface area contributed by atoms with Crippen LogP contribution in [0.15, 0.2) is 127 Å². The van der Waals surface area contributed by atoms with E-state index in [1.54, 1.807) is 0 Å². The molecule has 0 N–H and O–H groups in total. The maximum atomic E-state index is 12.4. The van der Waals surface area contributed by atoms with Gasteiger partial charge in [0.05, 0.1) is 16.6 Å². The number of para-hydroxylation sites is 2. The van der Waals surface area contributed by atoms with Crippen molar-refractivity contribution in [3.8, 4) is 33.4 Å². The molecule has 0 aliphatic carbocycles. The molecule has 0 fully saturated rings. The zero-order chi connectivity index (χ0) is 26.6. The average molecular weight is 523 g/mol. The second-order valence-corrected chi connectivity index (χ2v) is 13.6. The molecular formula is C35H27N2OP. The summed E-state index contributed by atoms with van der Waals surface area (Å²) in [4.78, 5) is 5.09. The van der Waals surface area contributed by atoms with Crippen LogP contribution in [0, 0.1) is 0 Å². The Bertz CT molecular complexity index is 2030. The zero-order valence-corrected chi connectivity index (χ0v) is 22.8. The van der Waals surface area contributed by atoms with Gasteiger partial charge in [-0.15, -0.1) is 0 Å². The van der Waals surface area contributed by atoms with Gasteiger partial charge in [0.15, 0.2) is 0 Å². The van der Waals surface area contributed by atoms with Crippen molar-refractivity contribution in [3.63, 3.8) is 0 Å². The van der Waals surface area contributed by atoms with Crippen molar-refractivity contribution in [2.75, 3.05) is 13.3 Å². The Morgan fingerprint density at radius 2 is 1.15 bits per heavy atom. The van der Waals surface area contributed by atoms with E-state index >= 15 is 0 Å². The number of hydrogen-bond donors (Lipinski definition) is 0. The molecule has 0 radical (unpaired) electrons. The van der Waals surface area contributed by atoms with Crippen molar-refractivity contribution in [1.82, 2.24) is 9.38 Å². The second kappa shape index (κ2) is 9.08. The first-order valence-electron chi connectivity index (χ1n) is 13.1. The monoisotopic (exact) mass is 522 g/mol. The van der Waals surface area contributed by atoms with E-state index in [0.717, 1.165) is 49.8 Å². The van der Waals surface area contributed by atoms with Gasteiger partial charge in [-0.05, 0) is 65.4 Å². The minimum Gasteiger partial charge on any atom is -0.319 e. The lowest BCUT2D eigenvalue weighted by atomic mass is 9.96. The van der Waals surface area contributed by atoms with Crippen molar-refractivity contribution >= 4 is 40.0 Å². The Balaban J connectivity index is 1.44. The smallest absolute Gasteiger partial charge is 0.146 e. The lowest BCUT2D eigenvalue weighted by Crippen LogP contribution is -2.01. The molecule has 188 valence electrons. The molecule has 0 saturated heterocycles. The predicted molar refractivity (Wildman–Crippen MR) is 166 cm³/mol. The molecule has 0 saturated carbocycles. The molecule has 5 aromatic carbocycles. The van der Waals surface area contributed by atoms with Crippen LogP contribution in [-0.4, -0.2) is 22.7 Å². The van der Waals surface area contributed by atoms with Gasteiger partial charge in [0, 0.05) is 16.3 Å². The fourth-order valence-electron chi connectivity index (χ4n) is 5.50. The third kappa shape index (κ3) is 4.07. The number of rotatable bonds is 4. The van der Waals surface area contributed by atoms with Gasteiger partial charge >= 0.3 is 0 Å². The summed E-state index contributed by atoms with van der Waals surface area (Å²) in [5.74, 6) is 0. The molecule has 3 nitrogen and oxygen atoms in total. The van der Waals surface area contributed by atoms with Gasteiger partial charge in [-0.1, -0.05) is 103 Å². The van der Waals surface area contributed by atoms with Gasteiger partial charge in [0.1, 0.15) is 12.8 Å². The van der Waals surface area contributed by atoms with E-state index < -0.39 is 7.14 Å². The Labute approximate surface area is 227 Å². The fraction of sp³-hybridized carbons (Fsp3) is 0.0571. The first-order chi connectivity index (χ1) is 19.0. The summed E-state index contributed by atoms with van der Waals surface area (Å²) in [6.45, 7) is 3.62. The minimum absolute atomic E-state index is 0.905. The number of benzene rings is 5. The average Bonchev–Trinajstić information content (AvgIpc) is 3.37. The van der Waals surface area contributed by atoms with Crippen molar-refractivity contribution in [3.05, 3.63) is 127 Å².